The van der Waals surface area contributed by atoms with Crippen molar-refractivity contribution in [2.45, 2.75) is 12.2 Å². The molecule has 0 saturated carbocycles. The van der Waals surface area contributed by atoms with E-state index in [1.165, 1.54) is 0 Å². The van der Waals surface area contributed by atoms with E-state index in [0.29, 0.717) is 34.8 Å². The third-order valence-corrected chi connectivity index (χ3v) is 3.83. The normalized spacial score (nSPS) is 22.9. The standard InChI is InChI=1S/C12H17Cl2N3O2/c1-15-11-7(13)4-8(14)12(16-11)17-5-9(18-2)10(6-17)19-3/h4,9-10H,5-6H2,1-3H3,(H,15,16). The van der Waals surface area contributed by atoms with Crippen LogP contribution in [0.25, 0.3) is 0 Å². The van der Waals surface area contributed by atoms with Gasteiger partial charge >= 0.3 is 0 Å². The Morgan fingerprint density at radius 1 is 1.21 bits per heavy atom. The molecule has 19 heavy (non-hydrogen) atoms. The number of halogens is 2. The van der Waals surface area contributed by atoms with Gasteiger partial charge in [0.15, 0.2) is 0 Å². The number of pyridine rings is 1. The summed E-state index contributed by atoms with van der Waals surface area (Å²) < 4.78 is 10.8. The first-order chi connectivity index (χ1) is 9.10. The van der Waals surface area contributed by atoms with Gasteiger partial charge in [-0.3, -0.25) is 0 Å². The maximum absolute atomic E-state index is 6.22. The molecule has 0 bridgehead atoms. The lowest BCUT2D eigenvalue weighted by molar-refractivity contribution is -0.00461. The summed E-state index contributed by atoms with van der Waals surface area (Å²) in [5, 5.41) is 3.97. The predicted molar refractivity (Wildman–Crippen MR) is 77.6 cm³/mol. The molecule has 7 heteroatoms. The van der Waals surface area contributed by atoms with Crippen molar-refractivity contribution < 1.29 is 9.47 Å². The number of hydrogen-bond donors (Lipinski definition) is 1. The minimum Gasteiger partial charge on any atom is -0.377 e. The van der Waals surface area contributed by atoms with Gasteiger partial charge in [0.25, 0.3) is 0 Å². The third-order valence-electron chi connectivity index (χ3n) is 3.27. The molecule has 5 nitrogen and oxygen atoms in total. The minimum absolute atomic E-state index is 0.0107. The average molecular weight is 306 g/mol. The van der Waals surface area contributed by atoms with E-state index in [2.05, 4.69) is 10.3 Å². The highest BCUT2D eigenvalue weighted by molar-refractivity contribution is 6.37. The second-order valence-electron chi connectivity index (χ2n) is 4.33. The molecule has 2 heterocycles. The Morgan fingerprint density at radius 2 is 1.79 bits per heavy atom. The van der Waals surface area contributed by atoms with Gasteiger partial charge in [-0.25, -0.2) is 4.98 Å². The molecule has 106 valence electrons. The van der Waals surface area contributed by atoms with Gasteiger partial charge in [-0.15, -0.1) is 0 Å². The van der Waals surface area contributed by atoms with Crippen molar-refractivity contribution >= 4 is 34.8 Å². The van der Waals surface area contributed by atoms with Crippen LogP contribution in [0.15, 0.2) is 6.07 Å². The van der Waals surface area contributed by atoms with E-state index >= 15 is 0 Å². The number of anilines is 2. The number of nitrogens with one attached hydrogen (secondary N) is 1. The monoisotopic (exact) mass is 305 g/mol. The van der Waals surface area contributed by atoms with Crippen LogP contribution in [0.1, 0.15) is 0 Å². The number of aromatic nitrogens is 1. The summed E-state index contributed by atoms with van der Waals surface area (Å²) in [6.45, 7) is 1.37. The molecule has 1 N–H and O–H groups in total. The van der Waals surface area contributed by atoms with E-state index in [1.807, 2.05) is 4.90 Å². The van der Waals surface area contributed by atoms with Crippen molar-refractivity contribution in [1.82, 2.24) is 4.98 Å². The molecule has 2 unspecified atom stereocenters. The minimum atomic E-state index is 0.0107. The SMILES string of the molecule is CNc1nc(N2CC(OC)C(OC)C2)c(Cl)cc1Cl. The van der Waals surface area contributed by atoms with Crippen molar-refractivity contribution in [2.75, 3.05) is 44.6 Å². The molecule has 2 rings (SSSR count). The van der Waals surface area contributed by atoms with Gasteiger partial charge in [0.05, 0.1) is 10.0 Å². The summed E-state index contributed by atoms with van der Waals surface area (Å²) in [7, 11) is 5.12. The highest BCUT2D eigenvalue weighted by Gasteiger charge is 2.34. The van der Waals surface area contributed by atoms with Crippen LogP contribution in [0.3, 0.4) is 0 Å². The first-order valence-corrected chi connectivity index (χ1v) is 6.70. The van der Waals surface area contributed by atoms with Crippen LogP contribution in [0.5, 0.6) is 0 Å². The quantitative estimate of drug-likeness (QED) is 0.925. The molecule has 1 saturated heterocycles. The first-order valence-electron chi connectivity index (χ1n) is 5.95. The molecule has 0 spiro atoms. The van der Waals surface area contributed by atoms with Crippen LogP contribution >= 0.6 is 23.2 Å². The van der Waals surface area contributed by atoms with Crippen LogP contribution < -0.4 is 10.2 Å². The lowest BCUT2D eigenvalue weighted by Gasteiger charge is -2.19. The van der Waals surface area contributed by atoms with E-state index in [1.54, 1.807) is 27.3 Å². The van der Waals surface area contributed by atoms with Crippen LogP contribution in [-0.4, -0.2) is 51.5 Å². The number of rotatable bonds is 4. The van der Waals surface area contributed by atoms with Crippen LogP contribution in [-0.2, 0) is 9.47 Å². The van der Waals surface area contributed by atoms with Crippen LogP contribution in [0.4, 0.5) is 11.6 Å². The average Bonchev–Trinajstić information content (AvgIpc) is 2.82. The molecular formula is C12H17Cl2N3O2. The largest absolute Gasteiger partial charge is 0.377 e. The Balaban J connectivity index is 2.28. The molecule has 2 atom stereocenters. The fourth-order valence-electron chi connectivity index (χ4n) is 2.22. The Kier molecular flexibility index (Phi) is 4.73. The predicted octanol–water partition coefficient (Wildman–Crippen LogP) is 2.28. The molecule has 0 aromatic carbocycles. The zero-order valence-electron chi connectivity index (χ0n) is 11.1. The molecule has 1 aromatic heterocycles. The molecule has 1 fully saturated rings. The van der Waals surface area contributed by atoms with Crippen molar-refractivity contribution in [3.63, 3.8) is 0 Å². The third kappa shape index (κ3) is 2.89. The summed E-state index contributed by atoms with van der Waals surface area (Å²) in [4.78, 5) is 6.49. The van der Waals surface area contributed by atoms with Crippen molar-refractivity contribution in [3.8, 4) is 0 Å². The number of methoxy groups -OCH3 is 2. The zero-order chi connectivity index (χ0) is 14.0. The summed E-state index contributed by atoms with van der Waals surface area (Å²) in [6, 6.07) is 1.69. The second kappa shape index (κ2) is 6.13. The fraction of sp³-hybridized carbons (Fsp3) is 0.583. The molecule has 1 aliphatic heterocycles. The lowest BCUT2D eigenvalue weighted by atomic mass is 10.3. The Morgan fingerprint density at radius 3 is 2.26 bits per heavy atom. The molecule has 1 aromatic rings. The van der Waals surface area contributed by atoms with E-state index in [0.717, 1.165) is 0 Å². The van der Waals surface area contributed by atoms with Crippen molar-refractivity contribution in [1.29, 1.82) is 0 Å². The number of ether oxygens (including phenoxy) is 2. The van der Waals surface area contributed by atoms with Gasteiger partial charge < -0.3 is 19.7 Å². The Hall–Kier alpha value is -0.750. The first kappa shape index (κ1) is 14.7. The van der Waals surface area contributed by atoms with Gasteiger partial charge in [-0.1, -0.05) is 23.2 Å². The number of nitrogens with zero attached hydrogens (tertiary/aromatic N) is 2. The van der Waals surface area contributed by atoms with E-state index < -0.39 is 0 Å². The van der Waals surface area contributed by atoms with Crippen molar-refractivity contribution in [3.05, 3.63) is 16.1 Å². The summed E-state index contributed by atoms with van der Waals surface area (Å²) in [6.07, 6.45) is 0.0214. The molecule has 1 aliphatic rings. The topological polar surface area (TPSA) is 46.6 Å². The van der Waals surface area contributed by atoms with Gasteiger partial charge in [-0.05, 0) is 6.07 Å². The van der Waals surface area contributed by atoms with Gasteiger partial charge in [0.2, 0.25) is 0 Å². The highest BCUT2D eigenvalue weighted by Crippen LogP contribution is 2.33. The Labute approximate surface area is 122 Å². The molecule has 0 radical (unpaired) electrons. The van der Waals surface area contributed by atoms with Gasteiger partial charge in [-0.2, -0.15) is 0 Å². The highest BCUT2D eigenvalue weighted by atomic mass is 35.5. The second-order valence-corrected chi connectivity index (χ2v) is 5.14. The maximum atomic E-state index is 6.22. The summed E-state index contributed by atoms with van der Waals surface area (Å²) >= 11 is 12.3. The summed E-state index contributed by atoms with van der Waals surface area (Å²) in [5.74, 6) is 1.30. The lowest BCUT2D eigenvalue weighted by Crippen LogP contribution is -2.27. The van der Waals surface area contributed by atoms with Gasteiger partial charge in [0.1, 0.15) is 23.8 Å². The zero-order valence-corrected chi connectivity index (χ0v) is 12.6. The smallest absolute Gasteiger partial charge is 0.150 e. The molecule has 0 aliphatic carbocycles. The van der Waals surface area contributed by atoms with E-state index in [4.69, 9.17) is 32.7 Å². The van der Waals surface area contributed by atoms with Gasteiger partial charge in [0, 0.05) is 34.4 Å². The summed E-state index contributed by atoms with van der Waals surface area (Å²) in [5.41, 5.74) is 0. The van der Waals surface area contributed by atoms with Crippen molar-refractivity contribution in [2.24, 2.45) is 0 Å². The molecule has 0 amide bonds. The van der Waals surface area contributed by atoms with E-state index in [-0.39, 0.29) is 12.2 Å². The van der Waals surface area contributed by atoms with Crippen LogP contribution in [0, 0.1) is 0 Å². The van der Waals surface area contributed by atoms with E-state index in [9.17, 15) is 0 Å². The fourth-order valence-corrected chi connectivity index (χ4v) is 2.80. The van der Waals surface area contributed by atoms with Crippen LogP contribution in [0.2, 0.25) is 10.0 Å². The Bertz CT molecular complexity index is 447. The number of hydrogen-bond acceptors (Lipinski definition) is 5. The molecular weight excluding hydrogens is 289 g/mol. The maximum Gasteiger partial charge on any atom is 0.150 e.